The summed E-state index contributed by atoms with van der Waals surface area (Å²) in [5, 5.41) is 0. The van der Waals surface area contributed by atoms with E-state index in [0.717, 1.165) is 0 Å². The molecule has 1 amide bonds. The molecule has 0 radical (unpaired) electrons. The van der Waals surface area contributed by atoms with Gasteiger partial charge >= 0.3 is 6.09 Å². The predicted molar refractivity (Wildman–Crippen MR) is 62.3 cm³/mol. The first-order chi connectivity index (χ1) is 7.57. The van der Waals surface area contributed by atoms with Gasteiger partial charge in [0.25, 0.3) is 10.1 Å². The van der Waals surface area contributed by atoms with E-state index in [4.69, 9.17) is 9.29 Å². The van der Waals surface area contributed by atoms with E-state index in [1.54, 1.807) is 20.8 Å². The number of hydrogen-bond acceptors (Lipinski definition) is 4. The van der Waals surface area contributed by atoms with Crippen LogP contribution in [0.1, 0.15) is 27.2 Å². The van der Waals surface area contributed by atoms with Gasteiger partial charge in [-0.1, -0.05) is 0 Å². The van der Waals surface area contributed by atoms with Gasteiger partial charge in [0.1, 0.15) is 5.60 Å². The molecule has 0 aromatic heterocycles. The minimum atomic E-state index is -3.97. The summed E-state index contributed by atoms with van der Waals surface area (Å²) >= 11 is 0. The average molecular weight is 265 g/mol. The van der Waals surface area contributed by atoms with Crippen molar-refractivity contribution in [3.8, 4) is 0 Å². The topological polar surface area (TPSA) is 83.9 Å². The molecule has 1 aliphatic heterocycles. The summed E-state index contributed by atoms with van der Waals surface area (Å²) in [7, 11) is -3.97. The fourth-order valence-electron chi connectivity index (χ4n) is 1.76. The van der Waals surface area contributed by atoms with E-state index in [1.165, 1.54) is 4.90 Å². The summed E-state index contributed by atoms with van der Waals surface area (Å²) in [6.45, 7) is 6.10. The first-order valence-corrected chi connectivity index (χ1v) is 7.11. The van der Waals surface area contributed by atoms with Crippen molar-refractivity contribution in [2.24, 2.45) is 5.92 Å². The molecule has 1 fully saturated rings. The van der Waals surface area contributed by atoms with Gasteiger partial charge in [-0.05, 0) is 33.1 Å². The molecule has 0 bridgehead atoms. The van der Waals surface area contributed by atoms with Gasteiger partial charge in [0.15, 0.2) is 0 Å². The summed E-state index contributed by atoms with van der Waals surface area (Å²) in [4.78, 5) is 13.1. The Bertz CT molecular complexity index is 384. The molecule has 0 unspecified atom stereocenters. The summed E-state index contributed by atoms with van der Waals surface area (Å²) in [5.74, 6) is -0.510. The highest BCUT2D eigenvalue weighted by Gasteiger charge is 2.31. The van der Waals surface area contributed by atoms with Gasteiger partial charge in [-0.25, -0.2) is 4.79 Å². The second-order valence-electron chi connectivity index (χ2n) is 5.33. The Morgan fingerprint density at radius 2 is 2.06 bits per heavy atom. The summed E-state index contributed by atoms with van der Waals surface area (Å²) < 4.78 is 35.3. The summed E-state index contributed by atoms with van der Waals surface area (Å²) in [6, 6.07) is 0. The normalized spacial score (nSPS) is 21.6. The highest BCUT2D eigenvalue weighted by molar-refractivity contribution is 7.85. The number of carbonyl (C=O) groups is 1. The summed E-state index contributed by atoms with van der Waals surface area (Å²) in [5.41, 5.74) is -0.557. The maximum absolute atomic E-state index is 11.7. The third kappa shape index (κ3) is 5.36. The van der Waals surface area contributed by atoms with Crippen molar-refractivity contribution in [3.63, 3.8) is 0 Å². The molecule has 1 saturated heterocycles. The number of carbonyl (C=O) groups excluding carboxylic acids is 1. The van der Waals surface area contributed by atoms with Crippen molar-refractivity contribution in [1.29, 1.82) is 0 Å². The molecule has 0 aromatic carbocycles. The van der Waals surface area contributed by atoms with E-state index in [0.29, 0.717) is 19.5 Å². The van der Waals surface area contributed by atoms with Crippen LogP contribution in [0.2, 0.25) is 0 Å². The molecule has 1 atom stereocenters. The maximum atomic E-state index is 11.7. The van der Waals surface area contributed by atoms with Crippen molar-refractivity contribution in [1.82, 2.24) is 4.90 Å². The lowest BCUT2D eigenvalue weighted by molar-refractivity contribution is 0.0289. The molecule has 17 heavy (non-hydrogen) atoms. The van der Waals surface area contributed by atoms with Crippen LogP contribution in [0.15, 0.2) is 0 Å². The van der Waals surface area contributed by atoms with Crippen LogP contribution < -0.4 is 0 Å². The number of hydrogen-bond donors (Lipinski definition) is 1. The zero-order valence-corrected chi connectivity index (χ0v) is 11.2. The van der Waals surface area contributed by atoms with Crippen molar-refractivity contribution in [2.45, 2.75) is 32.8 Å². The fraction of sp³-hybridized carbons (Fsp3) is 0.900. The molecule has 0 aliphatic carbocycles. The van der Waals surface area contributed by atoms with Crippen LogP contribution in [0.5, 0.6) is 0 Å². The number of rotatable bonds is 2. The highest BCUT2D eigenvalue weighted by Crippen LogP contribution is 2.20. The smallest absolute Gasteiger partial charge is 0.410 e. The second kappa shape index (κ2) is 4.81. The Morgan fingerprint density at radius 3 is 2.53 bits per heavy atom. The van der Waals surface area contributed by atoms with Gasteiger partial charge in [0.05, 0.1) is 5.75 Å². The average Bonchev–Trinajstić information content (AvgIpc) is 2.45. The van der Waals surface area contributed by atoms with Crippen LogP contribution in [0.25, 0.3) is 0 Å². The monoisotopic (exact) mass is 265 g/mol. The van der Waals surface area contributed by atoms with Crippen LogP contribution in [0.4, 0.5) is 4.79 Å². The molecule has 1 aliphatic rings. The second-order valence-corrected chi connectivity index (χ2v) is 6.83. The van der Waals surface area contributed by atoms with Crippen molar-refractivity contribution < 1.29 is 22.5 Å². The fourth-order valence-corrected chi connectivity index (χ4v) is 2.63. The van der Waals surface area contributed by atoms with Gasteiger partial charge in [-0.3, -0.25) is 4.55 Å². The van der Waals surface area contributed by atoms with Gasteiger partial charge in [0, 0.05) is 13.1 Å². The van der Waals surface area contributed by atoms with Gasteiger partial charge in [-0.2, -0.15) is 8.42 Å². The Hall–Kier alpha value is -0.820. The predicted octanol–water partition coefficient (Wildman–Crippen LogP) is 1.13. The SMILES string of the molecule is CC(C)(C)OC(=O)N1CC[C@@H](CS(=O)(=O)O)C1. The van der Waals surface area contributed by atoms with E-state index >= 15 is 0 Å². The Labute approximate surface area is 102 Å². The molecular formula is C10H19NO5S. The molecular weight excluding hydrogens is 246 g/mol. The lowest BCUT2D eigenvalue weighted by Crippen LogP contribution is -2.35. The zero-order valence-electron chi connectivity index (χ0n) is 10.3. The first kappa shape index (κ1) is 14.2. The minimum absolute atomic E-state index is 0.211. The number of nitrogens with zero attached hydrogens (tertiary/aromatic N) is 1. The van der Waals surface area contributed by atoms with Crippen molar-refractivity contribution in [2.75, 3.05) is 18.8 Å². The maximum Gasteiger partial charge on any atom is 0.410 e. The lowest BCUT2D eigenvalue weighted by atomic mass is 10.2. The molecule has 7 heteroatoms. The van der Waals surface area contributed by atoms with E-state index in [1.807, 2.05) is 0 Å². The lowest BCUT2D eigenvalue weighted by Gasteiger charge is -2.24. The van der Waals surface area contributed by atoms with Gasteiger partial charge in [-0.15, -0.1) is 0 Å². The molecule has 100 valence electrons. The Kier molecular flexibility index (Phi) is 4.03. The number of amides is 1. The minimum Gasteiger partial charge on any atom is -0.444 e. The third-order valence-electron chi connectivity index (χ3n) is 2.38. The van der Waals surface area contributed by atoms with E-state index in [9.17, 15) is 13.2 Å². The number of likely N-dealkylation sites (tertiary alicyclic amines) is 1. The zero-order chi connectivity index (χ0) is 13.3. The molecule has 1 rings (SSSR count). The van der Waals surface area contributed by atoms with Crippen LogP contribution in [0, 0.1) is 5.92 Å². The molecule has 6 nitrogen and oxygen atoms in total. The Morgan fingerprint density at radius 1 is 1.47 bits per heavy atom. The summed E-state index contributed by atoms with van der Waals surface area (Å²) in [6.07, 6.45) is 0.134. The third-order valence-corrected chi connectivity index (χ3v) is 3.28. The number of ether oxygens (including phenoxy) is 1. The van der Waals surface area contributed by atoms with Crippen LogP contribution in [-0.2, 0) is 14.9 Å². The molecule has 0 spiro atoms. The molecule has 1 heterocycles. The largest absolute Gasteiger partial charge is 0.444 e. The Balaban J connectivity index is 2.48. The van der Waals surface area contributed by atoms with Crippen LogP contribution in [0.3, 0.4) is 0 Å². The van der Waals surface area contributed by atoms with Gasteiger partial charge < -0.3 is 9.64 Å². The standard InChI is InChI=1S/C10H19NO5S/c1-10(2,3)16-9(12)11-5-4-8(6-11)7-17(13,14)15/h8H,4-7H2,1-3H3,(H,13,14,15)/t8-/m1/s1. The van der Waals surface area contributed by atoms with Crippen molar-refractivity contribution in [3.05, 3.63) is 0 Å². The molecule has 1 N–H and O–H groups in total. The van der Waals surface area contributed by atoms with E-state index in [-0.39, 0.29) is 11.7 Å². The van der Waals surface area contributed by atoms with Crippen LogP contribution >= 0.6 is 0 Å². The van der Waals surface area contributed by atoms with Gasteiger partial charge in [0.2, 0.25) is 0 Å². The first-order valence-electron chi connectivity index (χ1n) is 5.50. The van der Waals surface area contributed by atoms with Crippen molar-refractivity contribution >= 4 is 16.2 Å². The van der Waals surface area contributed by atoms with E-state index in [2.05, 4.69) is 0 Å². The van der Waals surface area contributed by atoms with Crippen LogP contribution in [-0.4, -0.2) is 48.4 Å². The highest BCUT2D eigenvalue weighted by atomic mass is 32.2. The van der Waals surface area contributed by atoms with E-state index < -0.39 is 21.8 Å². The molecule has 0 saturated carbocycles. The molecule has 0 aromatic rings. The quantitative estimate of drug-likeness (QED) is 0.757.